The van der Waals surface area contributed by atoms with Gasteiger partial charge in [-0.1, -0.05) is 6.92 Å². The van der Waals surface area contributed by atoms with Crippen molar-refractivity contribution in [3.63, 3.8) is 0 Å². The maximum absolute atomic E-state index is 11.2. The minimum Gasteiger partial charge on any atom is -0.477 e. The Morgan fingerprint density at radius 2 is 2.20 bits per heavy atom. The van der Waals surface area contributed by atoms with E-state index < -0.39 is 5.97 Å². The SMILES string of the molecule is CCc1nc2n(n1)C(c1ccncc1)C=C(C(=O)O)N2. The van der Waals surface area contributed by atoms with Crippen molar-refractivity contribution in [1.29, 1.82) is 0 Å². The van der Waals surface area contributed by atoms with Crippen LogP contribution >= 0.6 is 0 Å². The van der Waals surface area contributed by atoms with E-state index in [2.05, 4.69) is 20.4 Å². The van der Waals surface area contributed by atoms with E-state index in [9.17, 15) is 9.90 Å². The van der Waals surface area contributed by atoms with Crippen molar-refractivity contribution >= 4 is 11.9 Å². The van der Waals surface area contributed by atoms with Gasteiger partial charge in [-0.3, -0.25) is 4.98 Å². The average molecular weight is 271 g/mol. The molecule has 2 N–H and O–H groups in total. The van der Waals surface area contributed by atoms with Gasteiger partial charge < -0.3 is 10.4 Å². The molecule has 3 heterocycles. The Hall–Kier alpha value is -2.70. The lowest BCUT2D eigenvalue weighted by atomic mass is 10.1. The minimum atomic E-state index is -1.02. The fraction of sp³-hybridized carbons (Fsp3) is 0.231. The van der Waals surface area contributed by atoms with Gasteiger partial charge in [0, 0.05) is 18.8 Å². The third kappa shape index (κ3) is 2.03. The summed E-state index contributed by atoms with van der Waals surface area (Å²) in [5.41, 5.74) is 1.02. The zero-order valence-electron chi connectivity index (χ0n) is 10.8. The van der Waals surface area contributed by atoms with Crippen LogP contribution in [0.5, 0.6) is 0 Å². The number of carboxylic acid groups (broad SMARTS) is 1. The number of fused-ring (bicyclic) bond motifs is 1. The molecular weight excluding hydrogens is 258 g/mol. The van der Waals surface area contributed by atoms with E-state index in [-0.39, 0.29) is 11.7 Å². The maximum atomic E-state index is 11.2. The first-order chi connectivity index (χ1) is 9.69. The molecule has 1 unspecified atom stereocenters. The molecule has 0 aromatic carbocycles. The molecule has 2 aromatic heterocycles. The second-order valence-corrected chi connectivity index (χ2v) is 4.39. The number of nitrogens with zero attached hydrogens (tertiary/aromatic N) is 4. The molecule has 7 nitrogen and oxygen atoms in total. The predicted octanol–water partition coefficient (Wildman–Crippen LogP) is 1.22. The smallest absolute Gasteiger partial charge is 0.352 e. The van der Waals surface area contributed by atoms with Crippen LogP contribution in [-0.4, -0.2) is 30.8 Å². The molecule has 0 saturated heterocycles. The molecule has 0 fully saturated rings. The monoisotopic (exact) mass is 271 g/mol. The van der Waals surface area contributed by atoms with Gasteiger partial charge in [-0.05, 0) is 23.8 Å². The second-order valence-electron chi connectivity index (χ2n) is 4.39. The summed E-state index contributed by atoms with van der Waals surface area (Å²) in [4.78, 5) is 19.5. The van der Waals surface area contributed by atoms with E-state index >= 15 is 0 Å². The second kappa shape index (κ2) is 4.76. The Morgan fingerprint density at radius 3 is 2.85 bits per heavy atom. The molecule has 2 aromatic rings. The van der Waals surface area contributed by atoms with E-state index in [1.165, 1.54) is 0 Å². The van der Waals surface area contributed by atoms with Crippen molar-refractivity contribution in [3.05, 3.63) is 47.7 Å². The third-order valence-corrected chi connectivity index (χ3v) is 3.10. The Bertz CT molecular complexity index is 677. The van der Waals surface area contributed by atoms with Gasteiger partial charge in [0.2, 0.25) is 5.95 Å². The Kier molecular flexibility index (Phi) is 2.94. The summed E-state index contributed by atoms with van der Waals surface area (Å²) in [6.45, 7) is 1.95. The topological polar surface area (TPSA) is 92.9 Å². The molecule has 0 saturated carbocycles. The Balaban J connectivity index is 2.11. The number of hydrogen-bond donors (Lipinski definition) is 2. The number of carboxylic acids is 1. The van der Waals surface area contributed by atoms with Crippen molar-refractivity contribution in [2.24, 2.45) is 0 Å². The highest BCUT2D eigenvalue weighted by Crippen LogP contribution is 2.28. The highest BCUT2D eigenvalue weighted by atomic mass is 16.4. The molecule has 0 aliphatic carbocycles. The number of carbonyl (C=O) groups is 1. The lowest BCUT2D eigenvalue weighted by Crippen LogP contribution is -2.24. The van der Waals surface area contributed by atoms with Crippen molar-refractivity contribution in [3.8, 4) is 0 Å². The first-order valence-electron chi connectivity index (χ1n) is 6.26. The summed E-state index contributed by atoms with van der Waals surface area (Å²) in [7, 11) is 0. The number of nitrogens with one attached hydrogen (secondary N) is 1. The van der Waals surface area contributed by atoms with Gasteiger partial charge in [0.1, 0.15) is 11.7 Å². The van der Waals surface area contributed by atoms with Crippen molar-refractivity contribution in [2.45, 2.75) is 19.4 Å². The van der Waals surface area contributed by atoms with Crippen LogP contribution in [0.15, 0.2) is 36.3 Å². The number of pyridine rings is 1. The van der Waals surface area contributed by atoms with Gasteiger partial charge in [0.15, 0.2) is 5.82 Å². The van der Waals surface area contributed by atoms with Crippen LogP contribution in [0.1, 0.15) is 24.4 Å². The molecule has 0 bridgehead atoms. The van der Waals surface area contributed by atoms with E-state index in [0.717, 1.165) is 5.56 Å². The standard InChI is InChI=1S/C13H13N5O2/c1-2-11-16-13-15-9(12(19)20)7-10(18(13)17-11)8-3-5-14-6-4-8/h3-7,10H,2H2,1H3,(H,19,20)(H,15,16,17). The summed E-state index contributed by atoms with van der Waals surface area (Å²) in [5, 5.41) is 16.4. The largest absolute Gasteiger partial charge is 0.477 e. The number of hydrogen-bond acceptors (Lipinski definition) is 5. The van der Waals surface area contributed by atoms with Crippen LogP contribution in [0.3, 0.4) is 0 Å². The van der Waals surface area contributed by atoms with Crippen LogP contribution in [0, 0.1) is 0 Å². The fourth-order valence-corrected chi connectivity index (χ4v) is 2.11. The van der Waals surface area contributed by atoms with E-state index in [4.69, 9.17) is 0 Å². The van der Waals surface area contributed by atoms with E-state index in [1.54, 1.807) is 23.2 Å². The number of aliphatic carboxylic acids is 1. The molecule has 7 heteroatoms. The number of anilines is 1. The van der Waals surface area contributed by atoms with Gasteiger partial charge in [-0.2, -0.15) is 10.1 Å². The van der Waals surface area contributed by atoms with Gasteiger partial charge in [0.05, 0.1) is 0 Å². The molecule has 3 rings (SSSR count). The van der Waals surface area contributed by atoms with Crippen LogP contribution in [0.25, 0.3) is 0 Å². The maximum Gasteiger partial charge on any atom is 0.352 e. The summed E-state index contributed by atoms with van der Waals surface area (Å²) in [6, 6.07) is 3.37. The summed E-state index contributed by atoms with van der Waals surface area (Å²) >= 11 is 0. The lowest BCUT2D eigenvalue weighted by Gasteiger charge is -2.22. The van der Waals surface area contributed by atoms with E-state index in [1.807, 2.05) is 19.1 Å². The number of aryl methyl sites for hydroxylation is 1. The minimum absolute atomic E-state index is 0.106. The van der Waals surface area contributed by atoms with Gasteiger partial charge in [-0.15, -0.1) is 0 Å². The summed E-state index contributed by atoms with van der Waals surface area (Å²) in [5.74, 6) is 0.103. The predicted molar refractivity (Wildman–Crippen MR) is 71.1 cm³/mol. The summed E-state index contributed by atoms with van der Waals surface area (Å²) in [6.07, 6.45) is 5.65. The van der Waals surface area contributed by atoms with Crippen molar-refractivity contribution < 1.29 is 9.90 Å². The van der Waals surface area contributed by atoms with Crippen molar-refractivity contribution in [1.82, 2.24) is 19.7 Å². The highest BCUT2D eigenvalue weighted by molar-refractivity contribution is 5.90. The number of rotatable bonds is 3. The van der Waals surface area contributed by atoms with E-state index in [0.29, 0.717) is 18.2 Å². The third-order valence-electron chi connectivity index (χ3n) is 3.10. The quantitative estimate of drug-likeness (QED) is 0.871. The molecular formula is C13H13N5O2. The molecule has 1 aliphatic rings. The Morgan fingerprint density at radius 1 is 1.45 bits per heavy atom. The zero-order chi connectivity index (χ0) is 14.1. The summed E-state index contributed by atoms with van der Waals surface area (Å²) < 4.78 is 1.70. The average Bonchev–Trinajstić information content (AvgIpc) is 2.90. The lowest BCUT2D eigenvalue weighted by molar-refractivity contribution is -0.132. The zero-order valence-corrected chi connectivity index (χ0v) is 10.8. The van der Waals surface area contributed by atoms with Crippen LogP contribution < -0.4 is 5.32 Å². The molecule has 1 atom stereocenters. The van der Waals surface area contributed by atoms with Gasteiger partial charge >= 0.3 is 5.97 Å². The highest BCUT2D eigenvalue weighted by Gasteiger charge is 2.26. The molecule has 102 valence electrons. The van der Waals surface area contributed by atoms with Gasteiger partial charge in [0.25, 0.3) is 0 Å². The van der Waals surface area contributed by atoms with Crippen LogP contribution in [0.2, 0.25) is 0 Å². The molecule has 0 amide bonds. The van der Waals surface area contributed by atoms with Crippen LogP contribution in [0.4, 0.5) is 5.95 Å². The molecule has 20 heavy (non-hydrogen) atoms. The normalized spacial score (nSPS) is 17.1. The Labute approximate surface area is 115 Å². The van der Waals surface area contributed by atoms with Crippen molar-refractivity contribution in [2.75, 3.05) is 5.32 Å². The number of allylic oxidation sites excluding steroid dienone is 1. The first kappa shape index (κ1) is 12.3. The molecule has 0 radical (unpaired) electrons. The molecule has 1 aliphatic heterocycles. The van der Waals surface area contributed by atoms with Gasteiger partial charge in [-0.25, -0.2) is 9.48 Å². The molecule has 0 spiro atoms. The fourth-order valence-electron chi connectivity index (χ4n) is 2.11. The van der Waals surface area contributed by atoms with Crippen LogP contribution in [-0.2, 0) is 11.2 Å². The first-order valence-corrected chi connectivity index (χ1v) is 6.26. The number of aromatic nitrogens is 4.